The van der Waals surface area contributed by atoms with Crippen LogP contribution in [-0.2, 0) is 7.05 Å². The van der Waals surface area contributed by atoms with Crippen molar-refractivity contribution in [2.45, 2.75) is 26.2 Å². The Kier molecular flexibility index (Phi) is 3.96. The van der Waals surface area contributed by atoms with Gasteiger partial charge in [0.05, 0.1) is 5.69 Å². The van der Waals surface area contributed by atoms with Gasteiger partial charge in [-0.15, -0.1) is 0 Å². The molecule has 1 aromatic heterocycles. The van der Waals surface area contributed by atoms with Gasteiger partial charge in [-0.3, -0.25) is 10.00 Å². The van der Waals surface area contributed by atoms with Crippen LogP contribution >= 0.6 is 0 Å². The fourth-order valence-electron chi connectivity index (χ4n) is 2.88. The van der Waals surface area contributed by atoms with E-state index in [1.165, 1.54) is 12.0 Å². The van der Waals surface area contributed by atoms with E-state index < -0.39 is 0 Å². The molecule has 1 aliphatic carbocycles. The maximum atomic E-state index is 12.2. The fraction of sp³-hybridized carbons (Fsp3) is 0.294. The first-order chi connectivity index (χ1) is 10.6. The summed E-state index contributed by atoms with van der Waals surface area (Å²) >= 11 is 0. The van der Waals surface area contributed by atoms with Gasteiger partial charge in [-0.25, -0.2) is 4.79 Å². The molecule has 5 heteroatoms. The van der Waals surface area contributed by atoms with Crippen LogP contribution < -0.4 is 10.6 Å². The summed E-state index contributed by atoms with van der Waals surface area (Å²) in [4.78, 5) is 12.2. The third-order valence-electron chi connectivity index (χ3n) is 3.85. The van der Waals surface area contributed by atoms with Gasteiger partial charge in [0.2, 0.25) is 0 Å². The maximum absolute atomic E-state index is 12.2. The van der Waals surface area contributed by atoms with Gasteiger partial charge in [0, 0.05) is 18.3 Å². The Balaban J connectivity index is 1.81. The van der Waals surface area contributed by atoms with E-state index in [2.05, 4.69) is 21.8 Å². The summed E-state index contributed by atoms with van der Waals surface area (Å²) in [6.45, 7) is 1.98. The Bertz CT molecular complexity index is 716. The number of anilines is 2. The van der Waals surface area contributed by atoms with Gasteiger partial charge < -0.3 is 5.32 Å². The minimum absolute atomic E-state index is 0.256. The summed E-state index contributed by atoms with van der Waals surface area (Å²) in [6.07, 6.45) is 5.55. The van der Waals surface area contributed by atoms with E-state index in [9.17, 15) is 4.79 Å². The van der Waals surface area contributed by atoms with Crippen LogP contribution in [0.4, 0.5) is 16.3 Å². The standard InChI is InChI=1S/C17H20N4O/c1-12-15(13-8-6-7-9-13)16(21(2)20-12)19-17(22)18-14-10-4-3-5-11-14/h3-5,8,10-11H,6-7,9H2,1-2H3,(H2,18,19,22). The highest BCUT2D eigenvalue weighted by molar-refractivity contribution is 6.01. The first-order valence-corrected chi connectivity index (χ1v) is 7.51. The molecule has 1 aliphatic rings. The number of aryl methyl sites for hydroxylation is 2. The second-order valence-electron chi connectivity index (χ2n) is 5.50. The number of carbonyl (C=O) groups is 1. The molecule has 0 saturated heterocycles. The second-order valence-corrected chi connectivity index (χ2v) is 5.50. The number of hydrogen-bond acceptors (Lipinski definition) is 2. The molecule has 3 rings (SSSR count). The number of amides is 2. The number of hydrogen-bond donors (Lipinski definition) is 2. The van der Waals surface area contributed by atoms with Gasteiger partial charge in [-0.2, -0.15) is 5.10 Å². The number of carbonyl (C=O) groups excluding carboxylic acids is 1. The van der Waals surface area contributed by atoms with Gasteiger partial charge in [0.25, 0.3) is 0 Å². The van der Waals surface area contributed by atoms with Crippen molar-refractivity contribution < 1.29 is 4.79 Å². The molecular weight excluding hydrogens is 276 g/mol. The molecule has 0 spiro atoms. The predicted molar refractivity (Wildman–Crippen MR) is 88.9 cm³/mol. The highest BCUT2D eigenvalue weighted by atomic mass is 16.2. The largest absolute Gasteiger partial charge is 0.324 e. The molecule has 22 heavy (non-hydrogen) atoms. The number of para-hydroxylation sites is 1. The smallest absolute Gasteiger partial charge is 0.308 e. The van der Waals surface area contributed by atoms with Crippen LogP contribution in [0.1, 0.15) is 30.5 Å². The van der Waals surface area contributed by atoms with Gasteiger partial charge in [0.15, 0.2) is 0 Å². The summed E-state index contributed by atoms with van der Waals surface area (Å²) in [5.41, 5.74) is 4.05. The first-order valence-electron chi connectivity index (χ1n) is 7.51. The molecule has 0 unspecified atom stereocenters. The van der Waals surface area contributed by atoms with Crippen molar-refractivity contribution in [3.8, 4) is 0 Å². The molecule has 0 saturated carbocycles. The van der Waals surface area contributed by atoms with Gasteiger partial charge >= 0.3 is 6.03 Å². The second kappa shape index (κ2) is 6.05. The zero-order valence-corrected chi connectivity index (χ0v) is 12.9. The average Bonchev–Trinajstić information content (AvgIpc) is 3.09. The van der Waals surface area contributed by atoms with Gasteiger partial charge in [0.1, 0.15) is 5.82 Å². The third kappa shape index (κ3) is 2.88. The maximum Gasteiger partial charge on any atom is 0.324 e. The summed E-state index contributed by atoms with van der Waals surface area (Å²) in [5, 5.41) is 10.2. The molecule has 0 radical (unpaired) electrons. The lowest BCUT2D eigenvalue weighted by molar-refractivity contribution is 0.262. The Labute approximate surface area is 130 Å². The van der Waals surface area contributed by atoms with Crippen LogP contribution in [0.15, 0.2) is 36.4 Å². The highest BCUT2D eigenvalue weighted by Gasteiger charge is 2.20. The first kappa shape index (κ1) is 14.4. The zero-order valence-electron chi connectivity index (χ0n) is 12.9. The predicted octanol–water partition coefficient (Wildman–Crippen LogP) is 3.94. The molecule has 2 N–H and O–H groups in total. The Morgan fingerprint density at radius 2 is 2.00 bits per heavy atom. The van der Waals surface area contributed by atoms with E-state index in [0.717, 1.165) is 35.6 Å². The average molecular weight is 296 g/mol. The van der Waals surface area contributed by atoms with Crippen LogP contribution in [0.5, 0.6) is 0 Å². The molecule has 0 aliphatic heterocycles. The summed E-state index contributed by atoms with van der Waals surface area (Å²) in [7, 11) is 1.85. The minimum Gasteiger partial charge on any atom is -0.308 e. The quantitative estimate of drug-likeness (QED) is 0.901. The van der Waals surface area contributed by atoms with E-state index in [0.29, 0.717) is 0 Å². The van der Waals surface area contributed by atoms with Crippen LogP contribution in [0, 0.1) is 6.92 Å². The molecule has 1 heterocycles. The van der Waals surface area contributed by atoms with Gasteiger partial charge in [-0.1, -0.05) is 24.3 Å². The molecule has 0 fully saturated rings. The molecule has 0 atom stereocenters. The topological polar surface area (TPSA) is 59.0 Å². The number of nitrogens with one attached hydrogen (secondary N) is 2. The Hall–Kier alpha value is -2.56. The third-order valence-corrected chi connectivity index (χ3v) is 3.85. The van der Waals surface area contributed by atoms with Crippen LogP contribution in [0.25, 0.3) is 5.57 Å². The number of benzene rings is 1. The summed E-state index contributed by atoms with van der Waals surface area (Å²) in [6, 6.07) is 9.15. The molecule has 0 bridgehead atoms. The normalized spacial score (nSPS) is 13.8. The van der Waals surface area contributed by atoms with E-state index in [1.807, 2.05) is 44.3 Å². The van der Waals surface area contributed by atoms with Crippen molar-refractivity contribution >= 4 is 23.1 Å². The zero-order chi connectivity index (χ0) is 15.5. The van der Waals surface area contributed by atoms with E-state index in [-0.39, 0.29) is 6.03 Å². The molecule has 2 aromatic rings. The molecule has 2 amide bonds. The van der Waals surface area contributed by atoms with Crippen molar-refractivity contribution in [3.05, 3.63) is 47.7 Å². The van der Waals surface area contributed by atoms with E-state index >= 15 is 0 Å². The number of urea groups is 1. The Morgan fingerprint density at radius 1 is 1.23 bits per heavy atom. The van der Waals surface area contributed by atoms with Crippen molar-refractivity contribution in [3.63, 3.8) is 0 Å². The van der Waals surface area contributed by atoms with E-state index in [4.69, 9.17) is 0 Å². The van der Waals surface area contributed by atoms with Crippen molar-refractivity contribution in [2.75, 3.05) is 10.6 Å². The van der Waals surface area contributed by atoms with Gasteiger partial charge in [-0.05, 0) is 43.9 Å². The molecule has 114 valence electrons. The minimum atomic E-state index is -0.256. The fourth-order valence-corrected chi connectivity index (χ4v) is 2.88. The van der Waals surface area contributed by atoms with Crippen LogP contribution in [-0.4, -0.2) is 15.8 Å². The lowest BCUT2D eigenvalue weighted by Gasteiger charge is -2.11. The monoisotopic (exact) mass is 296 g/mol. The van der Waals surface area contributed by atoms with Crippen molar-refractivity contribution in [1.29, 1.82) is 0 Å². The molecule has 1 aromatic carbocycles. The number of nitrogens with zero attached hydrogens (tertiary/aromatic N) is 2. The Morgan fingerprint density at radius 3 is 2.68 bits per heavy atom. The summed E-state index contributed by atoms with van der Waals surface area (Å²) in [5.74, 6) is 0.749. The highest BCUT2D eigenvalue weighted by Crippen LogP contribution is 2.34. The number of allylic oxidation sites excluding steroid dienone is 2. The molecular formula is C17H20N4O. The number of rotatable bonds is 3. The van der Waals surface area contributed by atoms with Crippen molar-refractivity contribution in [2.24, 2.45) is 7.05 Å². The number of aromatic nitrogens is 2. The molecule has 5 nitrogen and oxygen atoms in total. The lowest BCUT2D eigenvalue weighted by atomic mass is 10.1. The summed E-state index contributed by atoms with van der Waals surface area (Å²) < 4.78 is 1.73. The van der Waals surface area contributed by atoms with Crippen molar-refractivity contribution in [1.82, 2.24) is 9.78 Å². The van der Waals surface area contributed by atoms with E-state index in [1.54, 1.807) is 4.68 Å². The van der Waals surface area contributed by atoms with Crippen LogP contribution in [0.3, 0.4) is 0 Å². The lowest BCUT2D eigenvalue weighted by Crippen LogP contribution is -2.21. The van der Waals surface area contributed by atoms with Crippen LogP contribution in [0.2, 0.25) is 0 Å². The SMILES string of the molecule is Cc1nn(C)c(NC(=O)Nc2ccccc2)c1C1=CCCC1.